The van der Waals surface area contributed by atoms with Crippen LogP contribution in [0.5, 0.6) is 0 Å². The van der Waals surface area contributed by atoms with Gasteiger partial charge in [-0.1, -0.05) is 36.4 Å². The minimum absolute atomic E-state index is 0.144. The van der Waals surface area contributed by atoms with E-state index in [0.29, 0.717) is 43.8 Å². The summed E-state index contributed by atoms with van der Waals surface area (Å²) in [5, 5.41) is 5.45. The van der Waals surface area contributed by atoms with Gasteiger partial charge in [0.1, 0.15) is 11.6 Å². The fraction of sp³-hybridized carbons (Fsp3) is 0. The number of imide groups is 2. The number of anilines is 2. The first kappa shape index (κ1) is 24.6. The van der Waals surface area contributed by atoms with Crippen LogP contribution in [-0.4, -0.2) is 23.6 Å². The van der Waals surface area contributed by atoms with Gasteiger partial charge >= 0.3 is 0 Å². The molecule has 0 bridgehead atoms. The Kier molecular flexibility index (Phi) is 4.63. The highest BCUT2D eigenvalue weighted by atomic mass is 19.1. The monoisotopic (exact) mass is 578 g/mol. The normalized spacial score (nSPS) is 14.7. The molecule has 2 aliphatic rings. The third-order valence-corrected chi connectivity index (χ3v) is 8.77. The molecule has 0 aliphatic carbocycles. The summed E-state index contributed by atoms with van der Waals surface area (Å²) in [4.78, 5) is 57.0. The lowest BCUT2D eigenvalue weighted by atomic mass is 9.82. The van der Waals surface area contributed by atoms with E-state index in [-0.39, 0.29) is 11.4 Å². The van der Waals surface area contributed by atoms with Crippen LogP contribution in [0.2, 0.25) is 0 Å². The number of amides is 4. The molecule has 0 atom stereocenters. The summed E-state index contributed by atoms with van der Waals surface area (Å²) in [5.41, 5.74) is 1.55. The Morgan fingerprint density at radius 1 is 0.386 bits per heavy atom. The van der Waals surface area contributed by atoms with Crippen molar-refractivity contribution in [3.05, 3.63) is 131 Å². The quantitative estimate of drug-likeness (QED) is 0.120. The standard InChI is InChI=1S/C36H16F2N2O4/c37-17-3-1-5-19(15-17)39-33(41)25-11-7-21-23-9-13-27-32-28(36(44)40(35(27)43)20-6-2-4-18(38)16-20)14-10-24(30(23)32)22-8-12-26(34(39)42)31(25)29(21)22/h1-16H. The molecule has 2 heterocycles. The number of halogens is 2. The molecule has 8 heteroatoms. The van der Waals surface area contributed by atoms with E-state index in [1.54, 1.807) is 48.5 Å². The molecular formula is C36H16F2N2O4. The third kappa shape index (κ3) is 2.96. The molecule has 208 valence electrons. The number of nitrogens with zero attached hydrogens (tertiary/aromatic N) is 2. The minimum Gasteiger partial charge on any atom is -0.268 e. The molecule has 0 N–H and O–H groups in total. The van der Waals surface area contributed by atoms with E-state index in [1.807, 2.05) is 0 Å². The van der Waals surface area contributed by atoms with Crippen LogP contribution in [0.3, 0.4) is 0 Å². The maximum absolute atomic E-state index is 14.1. The van der Waals surface area contributed by atoms with Crippen molar-refractivity contribution >= 4 is 78.1 Å². The first-order chi connectivity index (χ1) is 21.3. The van der Waals surface area contributed by atoms with Gasteiger partial charge in [0.2, 0.25) is 0 Å². The van der Waals surface area contributed by atoms with Gasteiger partial charge in [0.25, 0.3) is 23.6 Å². The van der Waals surface area contributed by atoms with Crippen molar-refractivity contribution in [2.45, 2.75) is 0 Å². The van der Waals surface area contributed by atoms with Crippen molar-refractivity contribution in [2.24, 2.45) is 0 Å². The zero-order valence-corrected chi connectivity index (χ0v) is 22.5. The van der Waals surface area contributed by atoms with Gasteiger partial charge in [0.15, 0.2) is 0 Å². The average molecular weight is 579 g/mol. The van der Waals surface area contributed by atoms with Crippen LogP contribution in [0.25, 0.3) is 43.1 Å². The number of benzene rings is 7. The second kappa shape index (κ2) is 8.29. The van der Waals surface area contributed by atoms with Gasteiger partial charge in [-0.05, 0) is 93.0 Å². The Balaban J connectivity index is 1.32. The summed E-state index contributed by atoms with van der Waals surface area (Å²) in [6.07, 6.45) is 0. The molecule has 0 saturated carbocycles. The summed E-state index contributed by atoms with van der Waals surface area (Å²) in [6.45, 7) is 0. The Labute approximate surface area is 246 Å². The van der Waals surface area contributed by atoms with E-state index in [0.717, 1.165) is 43.5 Å². The van der Waals surface area contributed by atoms with Crippen molar-refractivity contribution in [1.29, 1.82) is 0 Å². The van der Waals surface area contributed by atoms with Crippen molar-refractivity contribution in [2.75, 3.05) is 9.80 Å². The molecule has 7 aromatic carbocycles. The van der Waals surface area contributed by atoms with Crippen molar-refractivity contribution in [3.63, 3.8) is 0 Å². The number of hydrogen-bond acceptors (Lipinski definition) is 4. The molecular weight excluding hydrogens is 562 g/mol. The third-order valence-electron chi connectivity index (χ3n) is 8.77. The highest BCUT2D eigenvalue weighted by Crippen LogP contribution is 2.47. The van der Waals surface area contributed by atoms with Gasteiger partial charge in [0, 0.05) is 33.0 Å². The van der Waals surface area contributed by atoms with E-state index in [9.17, 15) is 28.0 Å². The molecule has 6 nitrogen and oxygen atoms in total. The molecule has 0 saturated heterocycles. The fourth-order valence-corrected chi connectivity index (χ4v) is 6.97. The molecule has 0 aromatic heterocycles. The average Bonchev–Trinajstić information content (AvgIpc) is 3.02. The highest BCUT2D eigenvalue weighted by Gasteiger charge is 2.38. The van der Waals surface area contributed by atoms with Crippen LogP contribution in [0.4, 0.5) is 20.2 Å². The molecule has 7 aromatic rings. The molecule has 0 radical (unpaired) electrons. The molecule has 9 rings (SSSR count). The van der Waals surface area contributed by atoms with Crippen LogP contribution in [0.15, 0.2) is 97.1 Å². The van der Waals surface area contributed by atoms with E-state index in [4.69, 9.17) is 0 Å². The molecule has 0 fully saturated rings. The van der Waals surface area contributed by atoms with Gasteiger partial charge in [-0.15, -0.1) is 0 Å². The Hall–Kier alpha value is -6.02. The number of carbonyl (C=O) groups excluding carboxylic acids is 4. The predicted octanol–water partition coefficient (Wildman–Crippen LogP) is 7.62. The van der Waals surface area contributed by atoms with Crippen molar-refractivity contribution in [1.82, 2.24) is 0 Å². The maximum Gasteiger partial charge on any atom is 0.265 e. The number of fused-ring (bicyclic) bond motifs is 2. The van der Waals surface area contributed by atoms with Crippen molar-refractivity contribution in [3.8, 4) is 0 Å². The second-order valence-corrected chi connectivity index (χ2v) is 11.0. The highest BCUT2D eigenvalue weighted by molar-refractivity contribution is 6.45. The van der Waals surface area contributed by atoms with Gasteiger partial charge < -0.3 is 0 Å². The summed E-state index contributed by atoms with van der Waals surface area (Å²) in [7, 11) is 0. The minimum atomic E-state index is -0.563. The van der Waals surface area contributed by atoms with Crippen LogP contribution < -0.4 is 9.80 Å². The zero-order chi connectivity index (χ0) is 30.0. The van der Waals surface area contributed by atoms with Crippen LogP contribution in [-0.2, 0) is 0 Å². The molecule has 0 unspecified atom stereocenters. The number of hydrogen-bond donors (Lipinski definition) is 0. The zero-order valence-electron chi connectivity index (χ0n) is 22.5. The van der Waals surface area contributed by atoms with E-state index in [1.165, 1.54) is 36.4 Å². The fourth-order valence-electron chi connectivity index (χ4n) is 6.97. The lowest BCUT2D eigenvalue weighted by molar-refractivity contribution is 0.0877. The topological polar surface area (TPSA) is 74.8 Å². The lowest BCUT2D eigenvalue weighted by Gasteiger charge is -2.30. The largest absolute Gasteiger partial charge is 0.268 e. The van der Waals surface area contributed by atoms with Gasteiger partial charge in [-0.3, -0.25) is 19.2 Å². The Bertz CT molecular complexity index is 2230. The predicted molar refractivity (Wildman–Crippen MR) is 163 cm³/mol. The molecule has 2 aliphatic heterocycles. The van der Waals surface area contributed by atoms with Gasteiger partial charge in [0.05, 0.1) is 11.4 Å². The lowest BCUT2D eigenvalue weighted by Crippen LogP contribution is -2.40. The summed E-state index contributed by atoms with van der Waals surface area (Å²) < 4.78 is 28.1. The molecule has 0 spiro atoms. The summed E-state index contributed by atoms with van der Waals surface area (Å²) >= 11 is 0. The van der Waals surface area contributed by atoms with Crippen LogP contribution in [0, 0.1) is 11.6 Å². The first-order valence-corrected chi connectivity index (χ1v) is 13.8. The van der Waals surface area contributed by atoms with E-state index in [2.05, 4.69) is 0 Å². The molecule has 44 heavy (non-hydrogen) atoms. The van der Waals surface area contributed by atoms with E-state index >= 15 is 0 Å². The second-order valence-electron chi connectivity index (χ2n) is 11.0. The van der Waals surface area contributed by atoms with Crippen LogP contribution >= 0.6 is 0 Å². The smallest absolute Gasteiger partial charge is 0.265 e. The summed E-state index contributed by atoms with van der Waals surface area (Å²) in [5.74, 6) is -3.34. The first-order valence-electron chi connectivity index (χ1n) is 13.8. The Morgan fingerprint density at radius 2 is 0.705 bits per heavy atom. The maximum atomic E-state index is 14.1. The summed E-state index contributed by atoms with van der Waals surface area (Å²) in [6, 6.07) is 24.6. The van der Waals surface area contributed by atoms with Gasteiger partial charge in [-0.2, -0.15) is 0 Å². The van der Waals surface area contributed by atoms with Crippen LogP contribution in [0.1, 0.15) is 41.4 Å². The number of rotatable bonds is 2. The van der Waals surface area contributed by atoms with Gasteiger partial charge in [-0.25, -0.2) is 18.6 Å². The van der Waals surface area contributed by atoms with Crippen molar-refractivity contribution < 1.29 is 28.0 Å². The van der Waals surface area contributed by atoms with E-state index < -0.39 is 35.3 Å². The Morgan fingerprint density at radius 3 is 1.00 bits per heavy atom. The molecule has 4 amide bonds. The number of carbonyl (C=O) groups is 4. The SMILES string of the molecule is O=C1c2ccc3c4ccc5c6c(ccc(c7ccc(c2c37)C(=O)N1c1cccc(F)c1)c64)C(=O)N(c1cccc(F)c1)C5=O.